The van der Waals surface area contributed by atoms with Gasteiger partial charge in [0.2, 0.25) is 5.91 Å². The van der Waals surface area contributed by atoms with Gasteiger partial charge in [-0.2, -0.15) is 0 Å². The third-order valence-corrected chi connectivity index (χ3v) is 5.55. The minimum absolute atomic E-state index is 0.00214. The lowest BCUT2D eigenvalue weighted by Gasteiger charge is -2.23. The fourth-order valence-corrected chi connectivity index (χ4v) is 4.52. The van der Waals surface area contributed by atoms with Gasteiger partial charge in [0.05, 0.1) is 17.3 Å². The van der Waals surface area contributed by atoms with Crippen LogP contribution in [0.1, 0.15) is 34.9 Å². The van der Waals surface area contributed by atoms with E-state index in [1.807, 2.05) is 26.0 Å². The van der Waals surface area contributed by atoms with Gasteiger partial charge in [0.1, 0.15) is 0 Å². The number of carbonyl (C=O) groups is 1. The fraction of sp³-hybridized carbons (Fsp3) is 0.389. The molecular weight excluding hydrogens is 328 g/mol. The van der Waals surface area contributed by atoms with Crippen molar-refractivity contribution < 1.29 is 4.79 Å². The number of halogens is 1. The smallest absolute Gasteiger partial charge is 0.238 e. The Labute approximate surface area is 146 Å². The normalized spacial score (nSPS) is 18.3. The van der Waals surface area contributed by atoms with E-state index in [0.717, 1.165) is 36.2 Å². The molecule has 2 aromatic rings. The number of rotatable bonds is 4. The molecule has 23 heavy (non-hydrogen) atoms. The summed E-state index contributed by atoms with van der Waals surface area (Å²) in [5.41, 5.74) is 2.83. The highest BCUT2D eigenvalue weighted by Crippen LogP contribution is 2.34. The topological polar surface area (TPSA) is 32.3 Å². The van der Waals surface area contributed by atoms with Crippen LogP contribution < -0.4 is 5.32 Å². The Bertz CT molecular complexity index is 676. The van der Waals surface area contributed by atoms with Crippen LogP contribution in [0, 0.1) is 13.8 Å². The zero-order chi connectivity index (χ0) is 16.4. The Balaban J connectivity index is 1.68. The van der Waals surface area contributed by atoms with Crippen molar-refractivity contribution in [2.45, 2.75) is 32.7 Å². The van der Waals surface area contributed by atoms with Crippen LogP contribution >= 0.6 is 22.9 Å². The molecule has 0 unspecified atom stereocenters. The van der Waals surface area contributed by atoms with Gasteiger partial charge in [-0.1, -0.05) is 23.7 Å². The molecule has 1 N–H and O–H groups in total. The highest BCUT2D eigenvalue weighted by atomic mass is 35.5. The van der Waals surface area contributed by atoms with E-state index in [1.165, 1.54) is 4.88 Å². The van der Waals surface area contributed by atoms with Crippen LogP contribution in [0.2, 0.25) is 5.02 Å². The maximum atomic E-state index is 12.5. The standard InChI is InChI=1S/C18H21ClN2OS/c1-12-9-13(2)18(14(19)10-12)20-17(22)11-21-7-3-5-15(21)16-6-4-8-23-16/h4,6,8-10,15H,3,5,7,11H2,1-2H3,(H,20,22)/t15-/m0/s1. The van der Waals surface area contributed by atoms with E-state index in [0.29, 0.717) is 17.6 Å². The molecule has 0 radical (unpaired) electrons. The molecule has 1 aliphatic rings. The quantitative estimate of drug-likeness (QED) is 0.861. The van der Waals surface area contributed by atoms with E-state index in [4.69, 9.17) is 11.6 Å². The minimum atomic E-state index is 0.00214. The van der Waals surface area contributed by atoms with Crippen molar-refractivity contribution in [3.05, 3.63) is 50.7 Å². The third-order valence-electron chi connectivity index (χ3n) is 4.28. The van der Waals surface area contributed by atoms with Crippen LogP contribution in [0.3, 0.4) is 0 Å². The molecule has 0 spiro atoms. The number of carbonyl (C=O) groups excluding carboxylic acids is 1. The van der Waals surface area contributed by atoms with Crippen molar-refractivity contribution in [1.29, 1.82) is 0 Å². The zero-order valence-corrected chi connectivity index (χ0v) is 15.0. The Kier molecular flexibility index (Phi) is 5.05. The van der Waals surface area contributed by atoms with Gasteiger partial charge in [-0.15, -0.1) is 11.3 Å². The van der Waals surface area contributed by atoms with E-state index in [9.17, 15) is 4.79 Å². The van der Waals surface area contributed by atoms with Crippen LogP contribution in [0.4, 0.5) is 5.69 Å². The van der Waals surface area contributed by atoms with E-state index in [1.54, 1.807) is 11.3 Å². The maximum absolute atomic E-state index is 12.5. The summed E-state index contributed by atoms with van der Waals surface area (Å²) in [6, 6.07) is 8.52. The Morgan fingerprint density at radius 3 is 2.96 bits per heavy atom. The molecule has 1 aliphatic heterocycles. The van der Waals surface area contributed by atoms with Gasteiger partial charge in [-0.05, 0) is 61.9 Å². The summed E-state index contributed by atoms with van der Waals surface area (Å²) in [6.07, 6.45) is 2.26. The predicted molar refractivity (Wildman–Crippen MR) is 97.4 cm³/mol. The second kappa shape index (κ2) is 7.04. The van der Waals surface area contributed by atoms with E-state index >= 15 is 0 Å². The van der Waals surface area contributed by atoms with Crippen LogP contribution in [-0.4, -0.2) is 23.9 Å². The molecule has 1 saturated heterocycles. The molecule has 5 heteroatoms. The van der Waals surface area contributed by atoms with Gasteiger partial charge < -0.3 is 5.32 Å². The molecule has 3 nitrogen and oxygen atoms in total. The second-order valence-electron chi connectivity index (χ2n) is 6.13. The maximum Gasteiger partial charge on any atom is 0.238 e. The second-order valence-corrected chi connectivity index (χ2v) is 7.52. The first kappa shape index (κ1) is 16.5. The molecule has 2 heterocycles. The number of hydrogen-bond donors (Lipinski definition) is 1. The van der Waals surface area contributed by atoms with Crippen molar-refractivity contribution in [2.75, 3.05) is 18.4 Å². The highest BCUT2D eigenvalue weighted by molar-refractivity contribution is 7.10. The lowest BCUT2D eigenvalue weighted by Crippen LogP contribution is -2.32. The first-order valence-electron chi connectivity index (χ1n) is 7.88. The number of benzene rings is 1. The summed E-state index contributed by atoms with van der Waals surface area (Å²) in [5.74, 6) is 0.00214. The molecule has 1 atom stereocenters. The zero-order valence-electron chi connectivity index (χ0n) is 13.4. The third kappa shape index (κ3) is 3.77. The predicted octanol–water partition coefficient (Wildman–Crippen LogP) is 4.79. The largest absolute Gasteiger partial charge is 0.323 e. The molecule has 0 saturated carbocycles. The number of nitrogens with zero attached hydrogens (tertiary/aromatic N) is 1. The van der Waals surface area contributed by atoms with Crippen LogP contribution in [0.15, 0.2) is 29.6 Å². The first-order valence-corrected chi connectivity index (χ1v) is 9.14. The molecule has 1 aromatic carbocycles. The molecule has 1 aromatic heterocycles. The number of likely N-dealkylation sites (tertiary alicyclic amines) is 1. The molecule has 1 fully saturated rings. The van der Waals surface area contributed by atoms with E-state index in [-0.39, 0.29) is 5.91 Å². The molecule has 1 amide bonds. The first-order chi connectivity index (χ1) is 11.0. The summed E-state index contributed by atoms with van der Waals surface area (Å²) in [6.45, 7) is 5.35. The lowest BCUT2D eigenvalue weighted by molar-refractivity contribution is -0.117. The molecule has 0 bridgehead atoms. The highest BCUT2D eigenvalue weighted by Gasteiger charge is 2.28. The van der Waals surface area contributed by atoms with Gasteiger partial charge in [-0.25, -0.2) is 0 Å². The average Bonchev–Trinajstić information content (AvgIpc) is 3.13. The van der Waals surface area contributed by atoms with Gasteiger partial charge in [0, 0.05) is 10.9 Å². The summed E-state index contributed by atoms with van der Waals surface area (Å²) in [4.78, 5) is 16.1. The lowest BCUT2D eigenvalue weighted by atomic mass is 10.1. The van der Waals surface area contributed by atoms with Crippen molar-refractivity contribution in [2.24, 2.45) is 0 Å². The van der Waals surface area contributed by atoms with Crippen molar-refractivity contribution in [3.63, 3.8) is 0 Å². The summed E-state index contributed by atoms with van der Waals surface area (Å²) < 4.78 is 0. The molecule has 3 rings (SSSR count). The van der Waals surface area contributed by atoms with E-state index in [2.05, 4.69) is 27.7 Å². The van der Waals surface area contributed by atoms with E-state index < -0.39 is 0 Å². The Hall–Kier alpha value is -1.36. The van der Waals surface area contributed by atoms with Gasteiger partial charge in [0.25, 0.3) is 0 Å². The number of aryl methyl sites for hydroxylation is 2. The minimum Gasteiger partial charge on any atom is -0.323 e. The number of hydrogen-bond acceptors (Lipinski definition) is 3. The molecular formula is C18H21ClN2OS. The van der Waals surface area contributed by atoms with Gasteiger partial charge >= 0.3 is 0 Å². The van der Waals surface area contributed by atoms with Gasteiger partial charge in [-0.3, -0.25) is 9.69 Å². The number of anilines is 1. The van der Waals surface area contributed by atoms with Crippen LogP contribution in [0.5, 0.6) is 0 Å². The summed E-state index contributed by atoms with van der Waals surface area (Å²) in [5, 5.41) is 5.69. The average molecular weight is 349 g/mol. The molecule has 122 valence electrons. The van der Waals surface area contributed by atoms with Crippen molar-refractivity contribution >= 4 is 34.5 Å². The van der Waals surface area contributed by atoms with Crippen LogP contribution in [-0.2, 0) is 4.79 Å². The fourth-order valence-electron chi connectivity index (χ4n) is 3.26. The number of thiophene rings is 1. The number of amides is 1. The van der Waals surface area contributed by atoms with Crippen molar-refractivity contribution in [3.8, 4) is 0 Å². The van der Waals surface area contributed by atoms with Crippen molar-refractivity contribution in [1.82, 2.24) is 4.90 Å². The monoisotopic (exact) mass is 348 g/mol. The molecule has 0 aliphatic carbocycles. The number of nitrogens with one attached hydrogen (secondary N) is 1. The SMILES string of the molecule is Cc1cc(C)c(NC(=O)CN2CCC[C@H]2c2cccs2)c(Cl)c1. The van der Waals surface area contributed by atoms with Crippen LogP contribution in [0.25, 0.3) is 0 Å². The summed E-state index contributed by atoms with van der Waals surface area (Å²) in [7, 11) is 0. The van der Waals surface area contributed by atoms with Gasteiger partial charge in [0.15, 0.2) is 0 Å². The Morgan fingerprint density at radius 1 is 1.43 bits per heavy atom. The Morgan fingerprint density at radius 2 is 2.26 bits per heavy atom. The summed E-state index contributed by atoms with van der Waals surface area (Å²) >= 11 is 8.05.